The minimum absolute atomic E-state index is 0.0769. The molecule has 122 valence electrons. The van der Waals surface area contributed by atoms with E-state index in [2.05, 4.69) is 5.32 Å². The number of halogens is 1. The van der Waals surface area contributed by atoms with Gasteiger partial charge in [-0.05, 0) is 38.0 Å². The smallest absolute Gasteiger partial charge is 0.261 e. The summed E-state index contributed by atoms with van der Waals surface area (Å²) in [5.74, 6) is 0.389. The van der Waals surface area contributed by atoms with E-state index in [1.807, 2.05) is 57.2 Å². The molecule has 0 aliphatic heterocycles. The van der Waals surface area contributed by atoms with Gasteiger partial charge in [-0.15, -0.1) is 0 Å². The van der Waals surface area contributed by atoms with Crippen LogP contribution in [-0.2, 0) is 4.79 Å². The van der Waals surface area contributed by atoms with Crippen LogP contribution in [0.5, 0.6) is 5.75 Å². The number of carbonyl (C=O) groups is 1. The maximum Gasteiger partial charge on any atom is 0.261 e. The van der Waals surface area contributed by atoms with Crippen LogP contribution in [0, 0.1) is 6.92 Å². The normalized spacial score (nSPS) is 13.2. The van der Waals surface area contributed by atoms with Crippen LogP contribution in [0.2, 0.25) is 5.02 Å². The summed E-state index contributed by atoms with van der Waals surface area (Å²) >= 11 is 6.09. The van der Waals surface area contributed by atoms with E-state index in [9.17, 15) is 4.79 Å². The van der Waals surface area contributed by atoms with E-state index in [1.165, 1.54) is 5.56 Å². The molecule has 0 aliphatic carbocycles. The zero-order chi connectivity index (χ0) is 16.8. The van der Waals surface area contributed by atoms with Crippen LogP contribution in [0.1, 0.15) is 37.4 Å². The van der Waals surface area contributed by atoms with Crippen LogP contribution in [-0.4, -0.2) is 12.0 Å². The molecule has 0 unspecified atom stereocenters. The first kappa shape index (κ1) is 17.4. The lowest BCUT2D eigenvalue weighted by molar-refractivity contribution is -0.128. The standard InChI is InChI=1S/C19H22ClNO2/c1-4-17(23-18-8-6-5-7-16(18)20)19(22)21-14(3)15-11-9-13(2)10-12-15/h5-12,14,17H,4H2,1-3H3,(H,21,22)/t14-,17-/m1/s1. The first-order valence-corrected chi connectivity index (χ1v) is 8.17. The highest BCUT2D eigenvalue weighted by Crippen LogP contribution is 2.25. The Morgan fingerprint density at radius 3 is 2.43 bits per heavy atom. The quantitative estimate of drug-likeness (QED) is 0.834. The number of carbonyl (C=O) groups excluding carboxylic acids is 1. The van der Waals surface area contributed by atoms with Gasteiger partial charge in [-0.2, -0.15) is 0 Å². The molecule has 1 N–H and O–H groups in total. The molecule has 2 aromatic rings. The van der Waals surface area contributed by atoms with E-state index in [0.717, 1.165) is 5.56 Å². The Balaban J connectivity index is 2.02. The summed E-state index contributed by atoms with van der Waals surface area (Å²) in [7, 11) is 0. The fourth-order valence-electron chi connectivity index (χ4n) is 2.26. The number of benzene rings is 2. The number of hydrogen-bond acceptors (Lipinski definition) is 2. The molecule has 0 fully saturated rings. The summed E-state index contributed by atoms with van der Waals surface area (Å²) in [4.78, 5) is 12.5. The molecular weight excluding hydrogens is 310 g/mol. The van der Waals surface area contributed by atoms with Crippen molar-refractivity contribution in [3.63, 3.8) is 0 Å². The van der Waals surface area contributed by atoms with Crippen molar-refractivity contribution < 1.29 is 9.53 Å². The van der Waals surface area contributed by atoms with Gasteiger partial charge in [0.05, 0.1) is 11.1 Å². The van der Waals surface area contributed by atoms with Gasteiger partial charge in [-0.1, -0.05) is 60.5 Å². The van der Waals surface area contributed by atoms with Gasteiger partial charge >= 0.3 is 0 Å². The third-order valence-corrected chi connectivity index (χ3v) is 4.02. The maximum absolute atomic E-state index is 12.5. The molecule has 0 aliphatic rings. The summed E-state index contributed by atoms with van der Waals surface area (Å²) < 4.78 is 5.77. The fraction of sp³-hybridized carbons (Fsp3) is 0.316. The van der Waals surface area contributed by atoms with Gasteiger partial charge in [0.25, 0.3) is 5.91 Å². The SMILES string of the molecule is CC[C@@H](Oc1ccccc1Cl)C(=O)N[C@H](C)c1ccc(C)cc1. The maximum atomic E-state index is 12.5. The highest BCUT2D eigenvalue weighted by Gasteiger charge is 2.21. The van der Waals surface area contributed by atoms with Crippen LogP contribution in [0.3, 0.4) is 0 Å². The minimum Gasteiger partial charge on any atom is -0.479 e. The lowest BCUT2D eigenvalue weighted by atomic mass is 10.1. The van der Waals surface area contributed by atoms with Gasteiger partial charge in [0.2, 0.25) is 0 Å². The first-order valence-electron chi connectivity index (χ1n) is 7.79. The Labute approximate surface area is 142 Å². The van der Waals surface area contributed by atoms with Crippen molar-refractivity contribution in [1.82, 2.24) is 5.32 Å². The number of nitrogens with one attached hydrogen (secondary N) is 1. The molecule has 2 rings (SSSR count). The van der Waals surface area contributed by atoms with Crippen molar-refractivity contribution in [2.75, 3.05) is 0 Å². The summed E-state index contributed by atoms with van der Waals surface area (Å²) in [6, 6.07) is 15.2. The molecule has 3 nitrogen and oxygen atoms in total. The summed E-state index contributed by atoms with van der Waals surface area (Å²) in [5, 5.41) is 3.50. The minimum atomic E-state index is -0.567. The zero-order valence-corrected chi connectivity index (χ0v) is 14.4. The van der Waals surface area contributed by atoms with Crippen LogP contribution < -0.4 is 10.1 Å². The number of ether oxygens (including phenoxy) is 1. The van der Waals surface area contributed by atoms with Crippen LogP contribution in [0.4, 0.5) is 0 Å². The van der Waals surface area contributed by atoms with Crippen molar-refractivity contribution in [3.8, 4) is 5.75 Å². The fourth-order valence-corrected chi connectivity index (χ4v) is 2.44. The number of rotatable bonds is 6. The van der Waals surface area contributed by atoms with Gasteiger partial charge in [-0.3, -0.25) is 4.79 Å². The van der Waals surface area contributed by atoms with E-state index in [-0.39, 0.29) is 11.9 Å². The van der Waals surface area contributed by atoms with E-state index in [4.69, 9.17) is 16.3 Å². The second-order valence-corrected chi connectivity index (χ2v) is 5.99. The van der Waals surface area contributed by atoms with Crippen LogP contribution in [0.15, 0.2) is 48.5 Å². The van der Waals surface area contributed by atoms with Crippen molar-refractivity contribution in [2.45, 2.75) is 39.3 Å². The molecule has 0 aromatic heterocycles. The van der Waals surface area contributed by atoms with E-state index in [1.54, 1.807) is 12.1 Å². The zero-order valence-electron chi connectivity index (χ0n) is 13.7. The van der Waals surface area contributed by atoms with Crippen molar-refractivity contribution in [3.05, 3.63) is 64.7 Å². The largest absolute Gasteiger partial charge is 0.479 e. The summed E-state index contributed by atoms with van der Waals surface area (Å²) in [6.45, 7) is 5.92. The van der Waals surface area contributed by atoms with Gasteiger partial charge in [0.1, 0.15) is 5.75 Å². The molecule has 0 saturated carbocycles. The Hall–Kier alpha value is -2.00. The number of para-hydroxylation sites is 1. The molecular formula is C19H22ClNO2. The molecule has 2 atom stereocenters. The van der Waals surface area contributed by atoms with Crippen LogP contribution >= 0.6 is 11.6 Å². The predicted octanol–water partition coefficient (Wildman–Crippen LogP) is 4.68. The molecule has 0 spiro atoms. The third kappa shape index (κ3) is 4.73. The van der Waals surface area contributed by atoms with Gasteiger partial charge in [0.15, 0.2) is 6.10 Å². The number of hydrogen-bond donors (Lipinski definition) is 1. The van der Waals surface area contributed by atoms with Crippen molar-refractivity contribution in [2.24, 2.45) is 0 Å². The Morgan fingerprint density at radius 2 is 1.83 bits per heavy atom. The average Bonchev–Trinajstić information content (AvgIpc) is 2.54. The summed E-state index contributed by atoms with van der Waals surface area (Å²) in [5.41, 5.74) is 2.26. The van der Waals surface area contributed by atoms with Gasteiger partial charge < -0.3 is 10.1 Å². The van der Waals surface area contributed by atoms with Crippen molar-refractivity contribution in [1.29, 1.82) is 0 Å². The number of amides is 1. The second kappa shape index (κ2) is 8.02. The van der Waals surface area contributed by atoms with Gasteiger partial charge in [-0.25, -0.2) is 0 Å². The monoisotopic (exact) mass is 331 g/mol. The Kier molecular flexibility index (Phi) is 6.05. The van der Waals surface area contributed by atoms with E-state index in [0.29, 0.717) is 17.2 Å². The first-order chi connectivity index (χ1) is 11.0. The molecule has 23 heavy (non-hydrogen) atoms. The molecule has 1 amide bonds. The van der Waals surface area contributed by atoms with Gasteiger partial charge in [0, 0.05) is 0 Å². The molecule has 0 heterocycles. The lowest BCUT2D eigenvalue weighted by Gasteiger charge is -2.21. The molecule has 0 bridgehead atoms. The lowest BCUT2D eigenvalue weighted by Crippen LogP contribution is -2.39. The van der Waals surface area contributed by atoms with Crippen molar-refractivity contribution >= 4 is 17.5 Å². The topological polar surface area (TPSA) is 38.3 Å². The summed E-state index contributed by atoms with van der Waals surface area (Å²) in [6.07, 6.45) is 0.000284. The Bertz CT molecular complexity index is 655. The Morgan fingerprint density at radius 1 is 1.17 bits per heavy atom. The molecule has 0 radical (unpaired) electrons. The number of aryl methyl sites for hydroxylation is 1. The highest BCUT2D eigenvalue weighted by atomic mass is 35.5. The van der Waals surface area contributed by atoms with E-state index < -0.39 is 6.10 Å². The average molecular weight is 332 g/mol. The third-order valence-electron chi connectivity index (χ3n) is 3.71. The highest BCUT2D eigenvalue weighted by molar-refractivity contribution is 6.32. The van der Waals surface area contributed by atoms with E-state index >= 15 is 0 Å². The molecule has 2 aromatic carbocycles. The molecule has 4 heteroatoms. The predicted molar refractivity (Wildman–Crippen MR) is 93.9 cm³/mol. The molecule has 0 saturated heterocycles. The second-order valence-electron chi connectivity index (χ2n) is 5.59. The van der Waals surface area contributed by atoms with Crippen LogP contribution in [0.25, 0.3) is 0 Å².